The molecule has 2 atom stereocenters. The number of carbonyl (C=O) groups excluding carboxylic acids is 2. The highest BCUT2D eigenvalue weighted by atomic mass is 16.5. The third-order valence-electron chi connectivity index (χ3n) is 2.67. The normalized spacial score (nSPS) is 13.9. The lowest BCUT2D eigenvalue weighted by Crippen LogP contribution is -2.25. The predicted octanol–water partition coefficient (Wildman–Crippen LogP) is 0.142. The van der Waals surface area contributed by atoms with Crippen molar-refractivity contribution in [3.05, 3.63) is 41.5 Å². The quantitative estimate of drug-likeness (QED) is 0.507. The van der Waals surface area contributed by atoms with Crippen molar-refractivity contribution < 1.29 is 24.5 Å². The van der Waals surface area contributed by atoms with E-state index in [1.54, 1.807) is 30.3 Å². The molecule has 6 heteroatoms. The standard InChI is InChI=1S/C14H17NO5/c1-20-13(18)7-4-9-2-5-10(6-3-9)14(19)11(16)8-12(15)17/h2-7,11,14,16,19H,8H2,1H3,(H2,15,17)/b7-4+. The summed E-state index contributed by atoms with van der Waals surface area (Å²) in [5.74, 6) is -1.15. The second-order valence-electron chi connectivity index (χ2n) is 4.21. The molecule has 2 unspecified atom stereocenters. The number of hydrogen-bond donors (Lipinski definition) is 3. The maximum Gasteiger partial charge on any atom is 0.330 e. The molecule has 0 fully saturated rings. The number of aliphatic hydroxyl groups excluding tert-OH is 2. The van der Waals surface area contributed by atoms with Gasteiger partial charge in [0.1, 0.15) is 6.10 Å². The minimum atomic E-state index is -1.25. The van der Waals surface area contributed by atoms with E-state index in [1.165, 1.54) is 13.2 Å². The summed E-state index contributed by atoms with van der Waals surface area (Å²) in [6.45, 7) is 0. The number of carbonyl (C=O) groups is 2. The van der Waals surface area contributed by atoms with Gasteiger partial charge in [0.2, 0.25) is 5.91 Å². The first-order chi connectivity index (χ1) is 9.43. The third-order valence-corrected chi connectivity index (χ3v) is 2.67. The molecule has 108 valence electrons. The first-order valence-corrected chi connectivity index (χ1v) is 5.94. The van der Waals surface area contributed by atoms with Crippen LogP contribution in [0.4, 0.5) is 0 Å². The number of ether oxygens (including phenoxy) is 1. The molecule has 20 heavy (non-hydrogen) atoms. The average molecular weight is 279 g/mol. The number of hydrogen-bond acceptors (Lipinski definition) is 5. The van der Waals surface area contributed by atoms with Gasteiger partial charge >= 0.3 is 5.97 Å². The third kappa shape index (κ3) is 4.83. The van der Waals surface area contributed by atoms with E-state index in [9.17, 15) is 19.8 Å². The van der Waals surface area contributed by atoms with E-state index >= 15 is 0 Å². The van der Waals surface area contributed by atoms with Gasteiger partial charge in [0, 0.05) is 6.08 Å². The van der Waals surface area contributed by atoms with Crippen LogP contribution in [0.1, 0.15) is 23.7 Å². The Morgan fingerprint density at radius 1 is 1.30 bits per heavy atom. The van der Waals surface area contributed by atoms with Crippen molar-refractivity contribution in [1.82, 2.24) is 0 Å². The number of rotatable bonds is 6. The van der Waals surface area contributed by atoms with Gasteiger partial charge in [-0.2, -0.15) is 0 Å². The molecule has 0 heterocycles. The lowest BCUT2D eigenvalue weighted by Gasteiger charge is -2.16. The summed E-state index contributed by atoms with van der Waals surface area (Å²) in [5, 5.41) is 19.4. The van der Waals surface area contributed by atoms with Crippen LogP contribution >= 0.6 is 0 Å². The molecule has 0 spiro atoms. The fourth-order valence-electron chi connectivity index (χ4n) is 1.58. The van der Waals surface area contributed by atoms with Gasteiger partial charge in [-0.1, -0.05) is 24.3 Å². The summed E-state index contributed by atoms with van der Waals surface area (Å²) in [6.07, 6.45) is 0.0745. The Balaban J connectivity index is 2.73. The van der Waals surface area contributed by atoms with E-state index in [0.717, 1.165) is 5.56 Å². The number of esters is 1. The first kappa shape index (κ1) is 15.9. The molecule has 0 aliphatic carbocycles. The minimum Gasteiger partial charge on any atom is -0.466 e. The van der Waals surface area contributed by atoms with Gasteiger partial charge in [-0.05, 0) is 17.2 Å². The van der Waals surface area contributed by atoms with Crippen LogP contribution in [0.2, 0.25) is 0 Å². The highest BCUT2D eigenvalue weighted by Gasteiger charge is 2.19. The molecule has 0 saturated heterocycles. The van der Waals surface area contributed by atoms with E-state index in [-0.39, 0.29) is 6.42 Å². The molecule has 4 N–H and O–H groups in total. The molecule has 1 aromatic carbocycles. The van der Waals surface area contributed by atoms with Crippen LogP contribution in [0.15, 0.2) is 30.3 Å². The average Bonchev–Trinajstić information content (AvgIpc) is 2.43. The van der Waals surface area contributed by atoms with Crippen LogP contribution in [0.3, 0.4) is 0 Å². The van der Waals surface area contributed by atoms with Crippen LogP contribution in [-0.4, -0.2) is 35.3 Å². The van der Waals surface area contributed by atoms with Gasteiger partial charge < -0.3 is 20.7 Å². The molecule has 1 rings (SSSR count). The summed E-state index contributed by atoms with van der Waals surface area (Å²) >= 11 is 0. The van der Waals surface area contributed by atoms with Gasteiger partial charge in [-0.3, -0.25) is 4.79 Å². The van der Waals surface area contributed by atoms with Crippen molar-refractivity contribution in [2.24, 2.45) is 5.73 Å². The van der Waals surface area contributed by atoms with Crippen molar-refractivity contribution in [3.63, 3.8) is 0 Å². The maximum absolute atomic E-state index is 10.9. The second-order valence-corrected chi connectivity index (χ2v) is 4.21. The molecule has 0 aliphatic rings. The van der Waals surface area contributed by atoms with Crippen LogP contribution in [0, 0.1) is 0 Å². The zero-order valence-electron chi connectivity index (χ0n) is 11.0. The van der Waals surface area contributed by atoms with Crippen molar-refractivity contribution in [2.75, 3.05) is 7.11 Å². The second kappa shape index (κ2) is 7.42. The molecular formula is C14H17NO5. The van der Waals surface area contributed by atoms with Crippen LogP contribution in [-0.2, 0) is 14.3 Å². The van der Waals surface area contributed by atoms with Crippen molar-refractivity contribution in [2.45, 2.75) is 18.6 Å². The van der Waals surface area contributed by atoms with Crippen LogP contribution in [0.5, 0.6) is 0 Å². The zero-order chi connectivity index (χ0) is 15.1. The summed E-state index contributed by atoms with van der Waals surface area (Å²) < 4.78 is 4.46. The Morgan fingerprint density at radius 2 is 1.90 bits per heavy atom. The number of aliphatic hydroxyl groups is 2. The molecule has 0 aromatic heterocycles. The summed E-state index contributed by atoms with van der Waals surface area (Å²) in [5.41, 5.74) is 6.14. The maximum atomic E-state index is 10.9. The molecule has 0 aliphatic heterocycles. The van der Waals surface area contributed by atoms with E-state index in [1.807, 2.05) is 0 Å². The Hall–Kier alpha value is -2.18. The number of nitrogens with two attached hydrogens (primary N) is 1. The topological polar surface area (TPSA) is 110 Å². The predicted molar refractivity (Wildman–Crippen MR) is 72.3 cm³/mol. The molecular weight excluding hydrogens is 262 g/mol. The smallest absolute Gasteiger partial charge is 0.330 e. The van der Waals surface area contributed by atoms with Gasteiger partial charge in [0.25, 0.3) is 0 Å². The van der Waals surface area contributed by atoms with Gasteiger partial charge in [0.05, 0.1) is 19.6 Å². The highest BCUT2D eigenvalue weighted by Crippen LogP contribution is 2.19. The zero-order valence-corrected chi connectivity index (χ0v) is 11.0. The summed E-state index contributed by atoms with van der Waals surface area (Å²) in [4.78, 5) is 21.6. The number of methoxy groups -OCH3 is 1. The number of amides is 1. The Bertz CT molecular complexity index is 495. The molecule has 1 amide bonds. The van der Waals surface area contributed by atoms with Gasteiger partial charge in [-0.15, -0.1) is 0 Å². The molecule has 0 bridgehead atoms. The lowest BCUT2D eigenvalue weighted by molar-refractivity contribution is -0.134. The fourth-order valence-corrected chi connectivity index (χ4v) is 1.58. The number of benzene rings is 1. The fraction of sp³-hybridized carbons (Fsp3) is 0.286. The van der Waals surface area contributed by atoms with Gasteiger partial charge in [0.15, 0.2) is 0 Å². The lowest BCUT2D eigenvalue weighted by atomic mass is 10.0. The SMILES string of the molecule is COC(=O)/C=C/c1ccc(C(O)C(O)CC(N)=O)cc1. The minimum absolute atomic E-state index is 0.314. The van der Waals surface area contributed by atoms with Crippen molar-refractivity contribution in [3.8, 4) is 0 Å². The van der Waals surface area contributed by atoms with Crippen LogP contribution in [0.25, 0.3) is 6.08 Å². The number of primary amides is 1. The van der Waals surface area contributed by atoms with Crippen molar-refractivity contribution in [1.29, 1.82) is 0 Å². The highest BCUT2D eigenvalue weighted by molar-refractivity contribution is 5.86. The Morgan fingerprint density at radius 3 is 2.40 bits per heavy atom. The molecule has 0 saturated carbocycles. The Kier molecular flexibility index (Phi) is 5.89. The van der Waals surface area contributed by atoms with E-state index < -0.39 is 24.1 Å². The first-order valence-electron chi connectivity index (χ1n) is 5.94. The van der Waals surface area contributed by atoms with E-state index in [0.29, 0.717) is 5.56 Å². The molecule has 6 nitrogen and oxygen atoms in total. The Labute approximate surface area is 116 Å². The van der Waals surface area contributed by atoms with E-state index in [4.69, 9.17) is 5.73 Å². The largest absolute Gasteiger partial charge is 0.466 e. The van der Waals surface area contributed by atoms with Gasteiger partial charge in [-0.25, -0.2) is 4.79 Å². The molecule has 0 radical (unpaired) electrons. The summed E-state index contributed by atoms with van der Waals surface area (Å²) in [6, 6.07) is 6.50. The van der Waals surface area contributed by atoms with E-state index in [2.05, 4.69) is 4.74 Å². The summed E-state index contributed by atoms with van der Waals surface area (Å²) in [7, 11) is 1.28. The van der Waals surface area contributed by atoms with Crippen molar-refractivity contribution >= 4 is 18.0 Å². The molecule has 1 aromatic rings. The monoisotopic (exact) mass is 279 g/mol. The van der Waals surface area contributed by atoms with Crippen LogP contribution < -0.4 is 5.73 Å².